The molecule has 4 aromatic carbocycles. The summed E-state index contributed by atoms with van der Waals surface area (Å²) in [6.45, 7) is 5.51. The number of hydrogen-bond acceptors (Lipinski definition) is 6. The van der Waals surface area contributed by atoms with Crippen LogP contribution in [0.25, 0.3) is 17.2 Å². The smallest absolute Gasteiger partial charge is 0.411 e. The number of anilines is 1. The minimum atomic E-state index is -0.550. The van der Waals surface area contributed by atoms with Gasteiger partial charge >= 0.3 is 12.2 Å². The first kappa shape index (κ1) is 34.0. The lowest BCUT2D eigenvalue weighted by Crippen LogP contribution is -2.42. The van der Waals surface area contributed by atoms with Gasteiger partial charge < -0.3 is 19.5 Å². The fourth-order valence-corrected chi connectivity index (χ4v) is 5.50. The molecule has 1 fully saturated rings. The summed E-state index contributed by atoms with van der Waals surface area (Å²) < 4.78 is 17.1. The van der Waals surface area contributed by atoms with E-state index in [0.717, 1.165) is 28.5 Å². The van der Waals surface area contributed by atoms with Crippen molar-refractivity contribution in [3.05, 3.63) is 120 Å². The zero-order valence-corrected chi connectivity index (χ0v) is 27.6. The summed E-state index contributed by atoms with van der Waals surface area (Å²) in [6.07, 6.45) is 7.20. The molecule has 0 saturated heterocycles. The molecular weight excluding hydrogens is 604 g/mol. The Morgan fingerprint density at radius 1 is 0.792 bits per heavy atom. The van der Waals surface area contributed by atoms with Crippen LogP contribution in [0.2, 0.25) is 0 Å². The Morgan fingerprint density at radius 3 is 2.08 bits per heavy atom. The summed E-state index contributed by atoms with van der Waals surface area (Å²) in [5.74, 6) is 1.38. The van der Waals surface area contributed by atoms with Gasteiger partial charge in [-0.15, -0.1) is 0 Å². The lowest BCUT2D eigenvalue weighted by Gasteiger charge is -2.30. The van der Waals surface area contributed by atoms with Crippen LogP contribution in [-0.4, -0.2) is 36.2 Å². The molecule has 48 heavy (non-hydrogen) atoms. The topological polar surface area (TPSA) is 103 Å². The number of allylic oxidation sites excluding steroid dienone is 1. The predicted octanol–water partition coefficient (Wildman–Crippen LogP) is 9.60. The molecular formula is C40H42N2O6. The maximum atomic E-state index is 13.1. The molecule has 248 valence electrons. The van der Waals surface area contributed by atoms with Gasteiger partial charge in [-0.3, -0.25) is 10.1 Å². The van der Waals surface area contributed by atoms with Gasteiger partial charge in [0.05, 0.1) is 5.69 Å². The minimum Gasteiger partial charge on any atom is -0.457 e. The Hall–Kier alpha value is -5.37. The average molecular weight is 647 g/mol. The second kappa shape index (κ2) is 16.0. The van der Waals surface area contributed by atoms with Gasteiger partial charge in [0.15, 0.2) is 0 Å². The molecule has 0 atom stereocenters. The van der Waals surface area contributed by atoms with E-state index in [1.165, 1.54) is 0 Å². The van der Waals surface area contributed by atoms with Gasteiger partial charge in [0.25, 0.3) is 0 Å². The van der Waals surface area contributed by atoms with Crippen molar-refractivity contribution in [1.82, 2.24) is 5.32 Å². The quantitative estimate of drug-likeness (QED) is 0.166. The Labute approximate surface area is 282 Å². The van der Waals surface area contributed by atoms with E-state index in [0.29, 0.717) is 54.9 Å². The zero-order chi connectivity index (χ0) is 33.9. The highest BCUT2D eigenvalue weighted by Crippen LogP contribution is 2.31. The number of nitrogens with one attached hydrogen (secondary N) is 2. The normalized spacial score (nSPS) is 16.1. The average Bonchev–Trinajstić information content (AvgIpc) is 3.06. The third-order valence-electron chi connectivity index (χ3n) is 7.87. The Balaban J connectivity index is 1.18. The van der Waals surface area contributed by atoms with Crippen LogP contribution in [0.5, 0.6) is 11.5 Å². The maximum Gasteiger partial charge on any atom is 0.411 e. The van der Waals surface area contributed by atoms with E-state index in [1.54, 1.807) is 24.3 Å². The lowest BCUT2D eigenvalue weighted by atomic mass is 9.93. The Morgan fingerprint density at radius 2 is 1.44 bits per heavy atom. The van der Waals surface area contributed by atoms with E-state index in [2.05, 4.69) is 16.7 Å². The van der Waals surface area contributed by atoms with E-state index >= 15 is 0 Å². The number of amides is 2. The lowest BCUT2D eigenvalue weighted by molar-refractivity contribution is 0.0440. The molecule has 0 heterocycles. The number of benzene rings is 4. The molecule has 2 N–H and O–H groups in total. The van der Waals surface area contributed by atoms with Gasteiger partial charge in [-0.2, -0.15) is 0 Å². The van der Waals surface area contributed by atoms with Crippen molar-refractivity contribution in [3.63, 3.8) is 0 Å². The molecule has 0 unspecified atom stereocenters. The first-order valence-corrected chi connectivity index (χ1v) is 16.3. The highest BCUT2D eigenvalue weighted by Gasteiger charge is 2.27. The molecule has 0 aromatic heterocycles. The van der Waals surface area contributed by atoms with E-state index < -0.39 is 17.8 Å². The van der Waals surface area contributed by atoms with Gasteiger partial charge in [0.2, 0.25) is 0 Å². The molecule has 1 aliphatic carbocycles. The fraction of sp³-hybridized carbons (Fsp3) is 0.275. The van der Waals surface area contributed by atoms with Gasteiger partial charge in [0.1, 0.15) is 29.5 Å². The summed E-state index contributed by atoms with van der Waals surface area (Å²) in [5, 5.41) is 5.91. The van der Waals surface area contributed by atoms with Crippen molar-refractivity contribution < 1.29 is 28.6 Å². The van der Waals surface area contributed by atoms with E-state index in [1.807, 2.05) is 99.6 Å². The highest BCUT2D eigenvalue weighted by molar-refractivity contribution is 5.92. The van der Waals surface area contributed by atoms with Crippen LogP contribution in [0.3, 0.4) is 0 Å². The minimum absolute atomic E-state index is 0.00442. The molecule has 0 bridgehead atoms. The number of carbonyl (C=O) groups is 3. The standard InChI is InChI=1S/C40H42N2O6/c1-40(2,3)48-39(45)41-32-17-23-35(24-18-32)47-38(44)42-37-26-29(16-25-36(37)31-10-5-4-6-11-31)9-7-8-28-12-19-33(20-13-28)46-34-21-14-30(27-43)15-22-34/h4-7,9-16,19-22,25-27,32,35H,8,17-18,23-24H2,1-3H3,(H,41,45)(H,42,44)/b9-7+/t32-,35-. The van der Waals surface area contributed by atoms with Crippen LogP contribution >= 0.6 is 0 Å². The van der Waals surface area contributed by atoms with Gasteiger partial charge in [0, 0.05) is 17.2 Å². The van der Waals surface area contributed by atoms with Crippen molar-refractivity contribution in [2.24, 2.45) is 0 Å². The van der Waals surface area contributed by atoms with Crippen molar-refractivity contribution in [2.45, 2.75) is 70.6 Å². The Kier molecular flexibility index (Phi) is 11.3. The van der Waals surface area contributed by atoms with Crippen LogP contribution in [0.15, 0.2) is 103 Å². The Bertz CT molecular complexity index is 1700. The predicted molar refractivity (Wildman–Crippen MR) is 188 cm³/mol. The molecule has 8 nitrogen and oxygen atoms in total. The molecule has 0 spiro atoms. The number of aldehydes is 1. The van der Waals surface area contributed by atoms with Gasteiger partial charge in [-0.25, -0.2) is 9.59 Å². The van der Waals surface area contributed by atoms with Crippen LogP contribution in [-0.2, 0) is 15.9 Å². The molecule has 1 saturated carbocycles. The molecule has 0 aliphatic heterocycles. The van der Waals surface area contributed by atoms with Gasteiger partial charge in [-0.05, 0) is 112 Å². The van der Waals surface area contributed by atoms with Crippen LogP contribution in [0.1, 0.15) is 67.9 Å². The third-order valence-corrected chi connectivity index (χ3v) is 7.87. The van der Waals surface area contributed by atoms with Crippen molar-refractivity contribution in [2.75, 3.05) is 5.32 Å². The zero-order valence-electron chi connectivity index (χ0n) is 27.6. The molecule has 0 radical (unpaired) electrons. The largest absolute Gasteiger partial charge is 0.457 e. The van der Waals surface area contributed by atoms with Crippen molar-refractivity contribution in [3.8, 4) is 22.6 Å². The van der Waals surface area contributed by atoms with E-state index in [4.69, 9.17) is 14.2 Å². The number of hydrogen-bond donors (Lipinski definition) is 2. The number of carbonyl (C=O) groups excluding carboxylic acids is 3. The van der Waals surface area contributed by atoms with Crippen molar-refractivity contribution >= 4 is 30.2 Å². The number of alkyl carbamates (subject to hydrolysis) is 1. The maximum absolute atomic E-state index is 13.1. The van der Waals surface area contributed by atoms with Gasteiger partial charge in [-0.1, -0.05) is 66.7 Å². The summed E-state index contributed by atoms with van der Waals surface area (Å²) >= 11 is 0. The second-order valence-corrected chi connectivity index (χ2v) is 12.9. The first-order valence-electron chi connectivity index (χ1n) is 16.3. The summed E-state index contributed by atoms with van der Waals surface area (Å²) in [7, 11) is 0. The number of ether oxygens (including phenoxy) is 3. The van der Waals surface area contributed by atoms with Crippen LogP contribution in [0.4, 0.5) is 15.3 Å². The second-order valence-electron chi connectivity index (χ2n) is 12.9. The fourth-order valence-electron chi connectivity index (χ4n) is 5.50. The molecule has 8 heteroatoms. The van der Waals surface area contributed by atoms with Crippen LogP contribution < -0.4 is 15.4 Å². The van der Waals surface area contributed by atoms with Crippen LogP contribution in [0, 0.1) is 0 Å². The molecule has 2 amide bonds. The molecule has 4 aromatic rings. The summed E-state index contributed by atoms with van der Waals surface area (Å²) in [4.78, 5) is 36.1. The van der Waals surface area contributed by atoms with E-state index in [9.17, 15) is 14.4 Å². The SMILES string of the molecule is CC(C)(C)OC(=O)N[C@H]1CC[C@H](OC(=O)Nc2cc(/C=C/Cc3ccc(Oc4ccc(C=O)cc4)cc3)ccc2-c2ccccc2)CC1. The highest BCUT2D eigenvalue weighted by atomic mass is 16.6. The summed E-state index contributed by atoms with van der Waals surface area (Å²) in [6, 6.07) is 30.7. The first-order chi connectivity index (χ1) is 23.1. The molecule has 1 aliphatic rings. The number of rotatable bonds is 10. The third kappa shape index (κ3) is 10.3. The molecule has 5 rings (SSSR count). The van der Waals surface area contributed by atoms with E-state index in [-0.39, 0.29) is 12.1 Å². The van der Waals surface area contributed by atoms with Crippen molar-refractivity contribution in [1.29, 1.82) is 0 Å². The summed E-state index contributed by atoms with van der Waals surface area (Å²) in [5.41, 5.74) is 4.66. The monoisotopic (exact) mass is 646 g/mol.